The lowest BCUT2D eigenvalue weighted by atomic mass is 9.79. The summed E-state index contributed by atoms with van der Waals surface area (Å²) in [5.74, 6) is -1.14. The second-order valence-electron chi connectivity index (χ2n) is 4.06. The highest BCUT2D eigenvalue weighted by atomic mass is 16.4. The third-order valence-electron chi connectivity index (χ3n) is 3.05. The van der Waals surface area contributed by atoms with E-state index in [0.717, 1.165) is 0 Å². The maximum Gasteiger partial charge on any atom is 0.310 e. The summed E-state index contributed by atoms with van der Waals surface area (Å²) < 4.78 is 0. The Hall–Kier alpha value is -1.32. The number of amides is 1. The summed E-state index contributed by atoms with van der Waals surface area (Å²) >= 11 is 0. The van der Waals surface area contributed by atoms with Crippen LogP contribution in [0.25, 0.3) is 0 Å². The predicted molar refractivity (Wildman–Crippen MR) is 63.1 cm³/mol. The second kappa shape index (κ2) is 6.30. The van der Waals surface area contributed by atoms with Crippen molar-refractivity contribution in [3.63, 3.8) is 0 Å². The summed E-state index contributed by atoms with van der Waals surface area (Å²) in [4.78, 5) is 22.8. The first kappa shape index (κ1) is 14.7. The molecule has 1 amide bonds. The van der Waals surface area contributed by atoms with Crippen LogP contribution < -0.4 is 5.32 Å². The number of hydrogen-bond donors (Lipinski definition) is 2. The van der Waals surface area contributed by atoms with Gasteiger partial charge in [-0.1, -0.05) is 19.9 Å². The van der Waals surface area contributed by atoms with Crippen LogP contribution in [0, 0.1) is 5.41 Å². The van der Waals surface area contributed by atoms with Gasteiger partial charge in [-0.3, -0.25) is 9.59 Å². The van der Waals surface area contributed by atoms with Gasteiger partial charge in [0.25, 0.3) is 0 Å². The van der Waals surface area contributed by atoms with E-state index in [1.165, 1.54) is 0 Å². The molecule has 4 heteroatoms. The highest BCUT2D eigenvalue weighted by Crippen LogP contribution is 2.30. The molecule has 1 unspecified atom stereocenters. The minimum atomic E-state index is -0.940. The number of aliphatic carboxylic acids is 1. The molecule has 0 aliphatic carbocycles. The average molecular weight is 227 g/mol. The lowest BCUT2D eigenvalue weighted by molar-refractivity contribution is -0.152. The SMILES string of the molecule is C=CC(C)NC(=O)CC(CC)(CC)C(=O)O. The van der Waals surface area contributed by atoms with Gasteiger partial charge in [-0.25, -0.2) is 0 Å². The Bertz CT molecular complexity index is 269. The molecule has 0 radical (unpaired) electrons. The first-order valence-corrected chi connectivity index (χ1v) is 5.57. The van der Waals surface area contributed by atoms with Crippen LogP contribution in [-0.2, 0) is 9.59 Å². The van der Waals surface area contributed by atoms with E-state index in [9.17, 15) is 9.59 Å². The minimum Gasteiger partial charge on any atom is -0.481 e. The highest BCUT2D eigenvalue weighted by Gasteiger charge is 2.37. The second-order valence-corrected chi connectivity index (χ2v) is 4.06. The van der Waals surface area contributed by atoms with E-state index < -0.39 is 11.4 Å². The molecule has 0 rings (SSSR count). The van der Waals surface area contributed by atoms with E-state index in [0.29, 0.717) is 12.8 Å². The standard InChI is InChI=1S/C12H21NO3/c1-5-9(4)13-10(14)8-12(6-2,7-3)11(15)16/h5,9H,1,6-8H2,2-4H3,(H,13,14)(H,15,16). The molecule has 0 heterocycles. The van der Waals surface area contributed by atoms with Gasteiger partial charge in [-0.2, -0.15) is 0 Å². The molecule has 1 atom stereocenters. The summed E-state index contributed by atoms with van der Waals surface area (Å²) in [6.07, 6.45) is 2.54. The molecular weight excluding hydrogens is 206 g/mol. The van der Waals surface area contributed by atoms with Gasteiger partial charge in [0.15, 0.2) is 0 Å². The van der Waals surface area contributed by atoms with Gasteiger partial charge in [0.2, 0.25) is 5.91 Å². The maximum atomic E-state index is 11.6. The largest absolute Gasteiger partial charge is 0.481 e. The lowest BCUT2D eigenvalue weighted by Gasteiger charge is -2.26. The molecule has 0 fully saturated rings. The van der Waals surface area contributed by atoms with Crippen molar-refractivity contribution < 1.29 is 14.7 Å². The third kappa shape index (κ3) is 3.68. The smallest absolute Gasteiger partial charge is 0.310 e. The number of nitrogens with one attached hydrogen (secondary N) is 1. The number of carbonyl (C=O) groups is 2. The Kier molecular flexibility index (Phi) is 5.78. The quantitative estimate of drug-likeness (QED) is 0.653. The van der Waals surface area contributed by atoms with Crippen molar-refractivity contribution in [1.82, 2.24) is 5.32 Å². The number of carbonyl (C=O) groups excluding carboxylic acids is 1. The number of hydrogen-bond acceptors (Lipinski definition) is 2. The van der Waals surface area contributed by atoms with Gasteiger partial charge in [0, 0.05) is 12.5 Å². The van der Waals surface area contributed by atoms with Crippen LogP contribution in [0.5, 0.6) is 0 Å². The molecule has 0 aromatic heterocycles. The predicted octanol–water partition coefficient (Wildman–Crippen LogP) is 1.96. The van der Waals surface area contributed by atoms with Crippen molar-refractivity contribution in [2.24, 2.45) is 5.41 Å². The number of rotatable bonds is 7. The average Bonchev–Trinajstić information content (AvgIpc) is 2.25. The Labute approximate surface area is 96.7 Å². The van der Waals surface area contributed by atoms with Crippen molar-refractivity contribution in [1.29, 1.82) is 0 Å². The van der Waals surface area contributed by atoms with Crippen LogP contribution in [0.3, 0.4) is 0 Å². The molecule has 0 bridgehead atoms. The van der Waals surface area contributed by atoms with Crippen molar-refractivity contribution in [2.75, 3.05) is 0 Å². The molecular formula is C12H21NO3. The monoisotopic (exact) mass is 227 g/mol. The van der Waals surface area contributed by atoms with Crippen LogP contribution in [-0.4, -0.2) is 23.0 Å². The molecule has 4 nitrogen and oxygen atoms in total. The van der Waals surface area contributed by atoms with Gasteiger partial charge >= 0.3 is 5.97 Å². The zero-order valence-corrected chi connectivity index (χ0v) is 10.2. The van der Waals surface area contributed by atoms with Gasteiger partial charge in [0.05, 0.1) is 5.41 Å². The normalized spacial score (nSPS) is 12.9. The topological polar surface area (TPSA) is 66.4 Å². The van der Waals surface area contributed by atoms with Crippen LogP contribution in [0.15, 0.2) is 12.7 Å². The first-order valence-electron chi connectivity index (χ1n) is 5.57. The van der Waals surface area contributed by atoms with Crippen molar-refractivity contribution >= 4 is 11.9 Å². The van der Waals surface area contributed by atoms with Gasteiger partial charge in [0.1, 0.15) is 0 Å². The van der Waals surface area contributed by atoms with Crippen LogP contribution >= 0.6 is 0 Å². The zero-order valence-electron chi connectivity index (χ0n) is 10.2. The van der Waals surface area contributed by atoms with Crippen molar-refractivity contribution in [3.05, 3.63) is 12.7 Å². The Morgan fingerprint density at radius 3 is 2.25 bits per heavy atom. The molecule has 92 valence electrons. The van der Waals surface area contributed by atoms with E-state index in [1.54, 1.807) is 26.8 Å². The Morgan fingerprint density at radius 2 is 1.94 bits per heavy atom. The molecule has 0 aliphatic heterocycles. The summed E-state index contributed by atoms with van der Waals surface area (Å²) in [6.45, 7) is 8.94. The molecule has 0 aromatic carbocycles. The van der Waals surface area contributed by atoms with Gasteiger partial charge < -0.3 is 10.4 Å². The maximum absolute atomic E-state index is 11.6. The van der Waals surface area contributed by atoms with Crippen LogP contribution in [0.2, 0.25) is 0 Å². The van der Waals surface area contributed by atoms with E-state index in [-0.39, 0.29) is 18.4 Å². The molecule has 16 heavy (non-hydrogen) atoms. The molecule has 0 aromatic rings. The van der Waals surface area contributed by atoms with Crippen LogP contribution in [0.1, 0.15) is 40.0 Å². The molecule has 0 saturated heterocycles. The number of carboxylic acid groups (broad SMARTS) is 1. The fourth-order valence-electron chi connectivity index (χ4n) is 1.55. The minimum absolute atomic E-state index is 0.0213. The molecule has 2 N–H and O–H groups in total. The van der Waals surface area contributed by atoms with E-state index in [2.05, 4.69) is 11.9 Å². The van der Waals surface area contributed by atoms with E-state index in [4.69, 9.17) is 5.11 Å². The molecule has 0 saturated carbocycles. The highest BCUT2D eigenvalue weighted by molar-refractivity contribution is 5.85. The summed E-state index contributed by atoms with van der Waals surface area (Å²) in [5.41, 5.74) is -0.940. The van der Waals surface area contributed by atoms with Crippen molar-refractivity contribution in [2.45, 2.75) is 46.1 Å². The first-order chi connectivity index (χ1) is 7.41. The molecule has 0 aliphatic rings. The van der Waals surface area contributed by atoms with E-state index in [1.807, 2.05) is 0 Å². The summed E-state index contributed by atoms with van der Waals surface area (Å²) in [5, 5.41) is 11.9. The van der Waals surface area contributed by atoms with Gasteiger partial charge in [-0.15, -0.1) is 6.58 Å². The Morgan fingerprint density at radius 1 is 1.44 bits per heavy atom. The lowest BCUT2D eigenvalue weighted by Crippen LogP contribution is -2.39. The van der Waals surface area contributed by atoms with Gasteiger partial charge in [-0.05, 0) is 19.8 Å². The van der Waals surface area contributed by atoms with E-state index >= 15 is 0 Å². The number of carboxylic acids is 1. The molecule has 0 spiro atoms. The fraction of sp³-hybridized carbons (Fsp3) is 0.667. The summed E-state index contributed by atoms with van der Waals surface area (Å²) in [7, 11) is 0. The fourth-order valence-corrected chi connectivity index (χ4v) is 1.55. The zero-order chi connectivity index (χ0) is 12.8. The Balaban J connectivity index is 4.58. The summed E-state index contributed by atoms with van der Waals surface area (Å²) in [6, 6.07) is -0.132. The third-order valence-corrected chi connectivity index (χ3v) is 3.05. The van der Waals surface area contributed by atoms with Crippen LogP contribution in [0.4, 0.5) is 0 Å². The van der Waals surface area contributed by atoms with Crippen molar-refractivity contribution in [3.8, 4) is 0 Å².